The summed E-state index contributed by atoms with van der Waals surface area (Å²) in [5, 5.41) is 2.68. The number of amides is 2. The highest BCUT2D eigenvalue weighted by Gasteiger charge is 2.19. The number of nitrogens with zero attached hydrogens (tertiary/aromatic N) is 1. The van der Waals surface area contributed by atoms with Crippen LogP contribution in [-0.4, -0.2) is 50.5 Å². The van der Waals surface area contributed by atoms with Crippen LogP contribution in [0.5, 0.6) is 0 Å². The summed E-state index contributed by atoms with van der Waals surface area (Å²) in [5.41, 5.74) is 0. The Morgan fingerprint density at radius 1 is 1.50 bits per heavy atom. The third-order valence-electron chi connectivity index (χ3n) is 2.28. The molecule has 0 aromatic heterocycles. The van der Waals surface area contributed by atoms with Crippen molar-refractivity contribution in [3.63, 3.8) is 0 Å². The lowest BCUT2D eigenvalue weighted by molar-refractivity contribution is 0.190. The first kappa shape index (κ1) is 11.3. The minimum atomic E-state index is -2.96. The zero-order valence-corrected chi connectivity index (χ0v) is 9.14. The Hall–Kier alpha value is -0.780. The van der Waals surface area contributed by atoms with E-state index in [1.54, 1.807) is 11.8 Å². The summed E-state index contributed by atoms with van der Waals surface area (Å²) in [4.78, 5) is 12.8. The first-order chi connectivity index (χ1) is 6.55. The van der Waals surface area contributed by atoms with Crippen LogP contribution in [0.2, 0.25) is 0 Å². The Morgan fingerprint density at radius 3 is 2.79 bits per heavy atom. The predicted octanol–water partition coefficient (Wildman–Crippen LogP) is -0.164. The standard InChI is InChI=1S/C8H16N2O3S/c1-2-14(12,13)7-6-10-5-3-4-9-8(10)11/h2-7H2,1H3,(H,9,11). The fraction of sp³-hybridized carbons (Fsp3) is 0.875. The lowest BCUT2D eigenvalue weighted by Gasteiger charge is -2.27. The maximum atomic E-state index is 11.2. The van der Waals surface area contributed by atoms with Gasteiger partial charge in [0.1, 0.15) is 0 Å². The van der Waals surface area contributed by atoms with Crippen LogP contribution in [0, 0.1) is 0 Å². The Kier molecular flexibility index (Phi) is 3.74. The quantitative estimate of drug-likeness (QED) is 0.715. The average molecular weight is 220 g/mol. The molecule has 0 atom stereocenters. The molecule has 14 heavy (non-hydrogen) atoms. The highest BCUT2D eigenvalue weighted by Crippen LogP contribution is 2.00. The molecule has 1 aliphatic heterocycles. The molecule has 1 fully saturated rings. The topological polar surface area (TPSA) is 66.5 Å². The molecule has 82 valence electrons. The molecule has 0 spiro atoms. The monoisotopic (exact) mass is 220 g/mol. The van der Waals surface area contributed by atoms with Crippen molar-refractivity contribution in [1.29, 1.82) is 0 Å². The molecule has 0 aromatic rings. The highest BCUT2D eigenvalue weighted by molar-refractivity contribution is 7.91. The van der Waals surface area contributed by atoms with Crippen LogP contribution in [0.15, 0.2) is 0 Å². The Morgan fingerprint density at radius 2 is 2.21 bits per heavy atom. The molecule has 0 saturated carbocycles. The van der Waals surface area contributed by atoms with E-state index in [4.69, 9.17) is 0 Å². The predicted molar refractivity (Wildman–Crippen MR) is 53.9 cm³/mol. The molecule has 0 bridgehead atoms. The van der Waals surface area contributed by atoms with Crippen molar-refractivity contribution < 1.29 is 13.2 Å². The van der Waals surface area contributed by atoms with Gasteiger partial charge in [-0.3, -0.25) is 0 Å². The maximum Gasteiger partial charge on any atom is 0.317 e. The SMILES string of the molecule is CCS(=O)(=O)CCN1CCCNC1=O. The van der Waals surface area contributed by atoms with Crippen molar-refractivity contribution in [2.24, 2.45) is 0 Å². The fourth-order valence-electron chi connectivity index (χ4n) is 1.29. The third-order valence-corrected chi connectivity index (χ3v) is 3.96. The minimum absolute atomic E-state index is 0.0664. The summed E-state index contributed by atoms with van der Waals surface area (Å²) < 4.78 is 22.4. The first-order valence-electron chi connectivity index (χ1n) is 4.78. The lowest BCUT2D eigenvalue weighted by atomic mass is 10.3. The smallest absolute Gasteiger partial charge is 0.317 e. The van der Waals surface area contributed by atoms with E-state index in [-0.39, 0.29) is 17.5 Å². The molecule has 1 rings (SSSR count). The van der Waals surface area contributed by atoms with Crippen LogP contribution in [0.1, 0.15) is 13.3 Å². The van der Waals surface area contributed by atoms with Crippen molar-refractivity contribution in [1.82, 2.24) is 10.2 Å². The second-order valence-corrected chi connectivity index (χ2v) is 5.78. The summed E-state index contributed by atoms with van der Waals surface area (Å²) in [6.07, 6.45) is 0.887. The van der Waals surface area contributed by atoms with Gasteiger partial charge in [-0.2, -0.15) is 0 Å². The van der Waals surface area contributed by atoms with Gasteiger partial charge in [-0.05, 0) is 6.42 Å². The van der Waals surface area contributed by atoms with Crippen molar-refractivity contribution in [3.8, 4) is 0 Å². The summed E-state index contributed by atoms with van der Waals surface area (Å²) in [7, 11) is -2.96. The molecule has 1 heterocycles. The van der Waals surface area contributed by atoms with E-state index in [9.17, 15) is 13.2 Å². The molecule has 1 N–H and O–H groups in total. The molecular weight excluding hydrogens is 204 g/mol. The molecule has 5 nitrogen and oxygen atoms in total. The van der Waals surface area contributed by atoms with E-state index < -0.39 is 9.84 Å². The molecule has 6 heteroatoms. The first-order valence-corrected chi connectivity index (χ1v) is 6.60. The molecule has 0 radical (unpaired) electrons. The van der Waals surface area contributed by atoms with Gasteiger partial charge in [0.05, 0.1) is 5.75 Å². The summed E-state index contributed by atoms with van der Waals surface area (Å²) in [6.45, 7) is 3.27. The molecular formula is C8H16N2O3S. The van der Waals surface area contributed by atoms with Crippen LogP contribution in [0.25, 0.3) is 0 Å². The van der Waals surface area contributed by atoms with E-state index in [2.05, 4.69) is 5.32 Å². The number of nitrogens with one attached hydrogen (secondary N) is 1. The molecule has 0 aliphatic carbocycles. The number of hydrogen-bond acceptors (Lipinski definition) is 3. The Bertz CT molecular complexity index is 300. The number of carbonyl (C=O) groups is 1. The summed E-state index contributed by atoms with van der Waals surface area (Å²) >= 11 is 0. The van der Waals surface area contributed by atoms with Crippen molar-refractivity contribution >= 4 is 15.9 Å². The Balaban J connectivity index is 2.40. The van der Waals surface area contributed by atoms with E-state index in [1.165, 1.54) is 0 Å². The molecule has 2 amide bonds. The van der Waals surface area contributed by atoms with Crippen LogP contribution in [0.3, 0.4) is 0 Å². The normalized spacial score (nSPS) is 18.1. The number of hydrogen-bond donors (Lipinski definition) is 1. The number of rotatable bonds is 4. The van der Waals surface area contributed by atoms with E-state index in [1.807, 2.05) is 0 Å². The van der Waals surface area contributed by atoms with Crippen LogP contribution in [0.4, 0.5) is 4.79 Å². The van der Waals surface area contributed by atoms with Gasteiger partial charge >= 0.3 is 6.03 Å². The van der Waals surface area contributed by atoms with E-state index in [0.29, 0.717) is 19.6 Å². The molecule has 0 aromatic carbocycles. The largest absolute Gasteiger partial charge is 0.338 e. The zero-order valence-electron chi connectivity index (χ0n) is 8.32. The Labute approximate surface area is 84.4 Å². The van der Waals surface area contributed by atoms with Gasteiger partial charge < -0.3 is 10.2 Å². The van der Waals surface area contributed by atoms with Gasteiger partial charge in [0.15, 0.2) is 9.84 Å². The zero-order chi connectivity index (χ0) is 10.6. The lowest BCUT2D eigenvalue weighted by Crippen LogP contribution is -2.47. The van der Waals surface area contributed by atoms with E-state index >= 15 is 0 Å². The third kappa shape index (κ3) is 3.17. The van der Waals surface area contributed by atoms with Crippen LogP contribution in [-0.2, 0) is 9.84 Å². The second-order valence-electron chi connectivity index (χ2n) is 3.31. The molecule has 1 aliphatic rings. The van der Waals surface area contributed by atoms with Gasteiger partial charge in [-0.1, -0.05) is 6.92 Å². The number of carbonyl (C=O) groups excluding carboxylic acids is 1. The van der Waals surface area contributed by atoms with Crippen molar-refractivity contribution in [3.05, 3.63) is 0 Å². The van der Waals surface area contributed by atoms with E-state index in [0.717, 1.165) is 6.42 Å². The summed E-state index contributed by atoms with van der Waals surface area (Å²) in [5.74, 6) is 0.208. The highest BCUT2D eigenvalue weighted by atomic mass is 32.2. The van der Waals surface area contributed by atoms with Gasteiger partial charge in [0.2, 0.25) is 0 Å². The van der Waals surface area contributed by atoms with Crippen molar-refractivity contribution in [2.45, 2.75) is 13.3 Å². The number of sulfone groups is 1. The number of urea groups is 1. The van der Waals surface area contributed by atoms with Gasteiger partial charge in [0, 0.05) is 25.4 Å². The van der Waals surface area contributed by atoms with Crippen molar-refractivity contribution in [2.75, 3.05) is 31.1 Å². The summed E-state index contributed by atoms with van der Waals surface area (Å²) in [6, 6.07) is -0.150. The van der Waals surface area contributed by atoms with Gasteiger partial charge in [0.25, 0.3) is 0 Å². The molecule has 1 saturated heterocycles. The van der Waals surface area contributed by atoms with Gasteiger partial charge in [-0.15, -0.1) is 0 Å². The molecule has 0 unspecified atom stereocenters. The minimum Gasteiger partial charge on any atom is -0.338 e. The van der Waals surface area contributed by atoms with Crippen LogP contribution >= 0.6 is 0 Å². The van der Waals surface area contributed by atoms with Crippen LogP contribution < -0.4 is 5.32 Å². The van der Waals surface area contributed by atoms with Gasteiger partial charge in [-0.25, -0.2) is 13.2 Å². The fourth-order valence-corrected chi connectivity index (χ4v) is 2.07. The average Bonchev–Trinajstić information content (AvgIpc) is 2.17. The maximum absolute atomic E-state index is 11.2. The second kappa shape index (κ2) is 4.63.